The van der Waals surface area contributed by atoms with Gasteiger partial charge in [0, 0.05) is 39.6 Å². The number of rotatable bonds is 8. The lowest BCUT2D eigenvalue weighted by molar-refractivity contribution is 0.678. The summed E-state index contributed by atoms with van der Waals surface area (Å²) in [5, 5.41) is 0. The summed E-state index contributed by atoms with van der Waals surface area (Å²) in [5.74, 6) is 0. The molecule has 0 bridgehead atoms. The Bertz CT molecular complexity index is 627. The molecule has 0 heterocycles. The van der Waals surface area contributed by atoms with Gasteiger partial charge in [-0.3, -0.25) is 0 Å². The largest absolute Gasteiger partial charge is 0.377 e. The minimum atomic E-state index is 1.18. The third-order valence-electron chi connectivity index (χ3n) is 4.94. The van der Waals surface area contributed by atoms with Gasteiger partial charge >= 0.3 is 0 Å². The predicted molar refractivity (Wildman–Crippen MR) is 112 cm³/mol. The quantitative estimate of drug-likeness (QED) is 0.595. The van der Waals surface area contributed by atoms with Crippen LogP contribution in [-0.2, 0) is 12.8 Å². The molecular weight excluding hydrogens is 304 g/mol. The van der Waals surface area contributed by atoms with Crippen LogP contribution in [0.5, 0.6) is 0 Å². The van der Waals surface area contributed by atoms with Gasteiger partial charge in [-0.2, -0.15) is 0 Å². The lowest BCUT2D eigenvalue weighted by Gasteiger charge is -2.17. The third kappa shape index (κ3) is 5.52. The van der Waals surface area contributed by atoms with Crippen molar-refractivity contribution in [2.75, 3.05) is 38.0 Å². The molecule has 0 radical (unpaired) electrons. The molecule has 0 atom stereocenters. The van der Waals surface area contributed by atoms with Gasteiger partial charge in [-0.1, -0.05) is 30.7 Å². The number of benzene rings is 2. The Morgan fingerprint density at radius 3 is 1.36 bits per heavy atom. The molecule has 136 valence electrons. The SMILES string of the molecule is Cc1ccc(CCCCCc2ccc(C)c(N(C)C)c2)cc1N(C)C. The summed E-state index contributed by atoms with van der Waals surface area (Å²) in [6.45, 7) is 4.37. The second-order valence-electron chi connectivity index (χ2n) is 7.59. The average molecular weight is 339 g/mol. The Kier molecular flexibility index (Phi) is 6.92. The van der Waals surface area contributed by atoms with Gasteiger partial charge < -0.3 is 9.80 Å². The summed E-state index contributed by atoms with van der Waals surface area (Å²) in [5.41, 5.74) is 8.30. The molecule has 0 aromatic heterocycles. The third-order valence-corrected chi connectivity index (χ3v) is 4.94. The Labute approximate surface area is 154 Å². The zero-order valence-corrected chi connectivity index (χ0v) is 16.9. The van der Waals surface area contributed by atoms with E-state index in [1.165, 1.54) is 65.7 Å². The molecule has 0 saturated heterocycles. The highest BCUT2D eigenvalue weighted by molar-refractivity contribution is 5.54. The molecular formula is C23H34N2. The molecule has 0 saturated carbocycles. The van der Waals surface area contributed by atoms with Crippen molar-refractivity contribution in [2.45, 2.75) is 46.0 Å². The summed E-state index contributed by atoms with van der Waals surface area (Å²) >= 11 is 0. The van der Waals surface area contributed by atoms with Crippen LogP contribution in [0.3, 0.4) is 0 Å². The second-order valence-corrected chi connectivity index (χ2v) is 7.59. The van der Waals surface area contributed by atoms with E-state index in [9.17, 15) is 0 Å². The van der Waals surface area contributed by atoms with Gasteiger partial charge in [0.05, 0.1) is 0 Å². The molecule has 0 aliphatic carbocycles. The minimum Gasteiger partial charge on any atom is -0.377 e. The van der Waals surface area contributed by atoms with Gasteiger partial charge in [0.15, 0.2) is 0 Å². The fraction of sp³-hybridized carbons (Fsp3) is 0.478. The molecule has 0 N–H and O–H groups in total. The smallest absolute Gasteiger partial charge is 0.0393 e. The zero-order valence-electron chi connectivity index (χ0n) is 16.9. The second kappa shape index (κ2) is 8.94. The van der Waals surface area contributed by atoms with Crippen LogP contribution in [0.15, 0.2) is 36.4 Å². The standard InChI is InChI=1S/C23H34N2/c1-18-12-14-20(16-22(18)24(3)4)10-8-7-9-11-21-15-13-19(2)23(17-21)25(5)6/h12-17H,7-11H2,1-6H3. The Morgan fingerprint density at radius 1 is 0.600 bits per heavy atom. The first-order valence-electron chi connectivity index (χ1n) is 9.42. The summed E-state index contributed by atoms with van der Waals surface area (Å²) in [6.07, 6.45) is 6.18. The van der Waals surface area contributed by atoms with Crippen LogP contribution in [0, 0.1) is 13.8 Å². The number of nitrogens with zero attached hydrogens (tertiary/aromatic N) is 2. The predicted octanol–water partition coefficient (Wildman–Crippen LogP) is 5.39. The maximum absolute atomic E-state index is 2.35. The first-order chi connectivity index (χ1) is 11.9. The van der Waals surface area contributed by atoms with Crippen molar-refractivity contribution in [1.82, 2.24) is 0 Å². The van der Waals surface area contributed by atoms with Gasteiger partial charge in [-0.05, 0) is 73.9 Å². The lowest BCUT2D eigenvalue weighted by atomic mass is 10.0. The van der Waals surface area contributed by atoms with E-state index >= 15 is 0 Å². The minimum absolute atomic E-state index is 1.18. The van der Waals surface area contributed by atoms with Gasteiger partial charge in [0.25, 0.3) is 0 Å². The first kappa shape index (κ1) is 19.4. The number of unbranched alkanes of at least 4 members (excludes halogenated alkanes) is 2. The van der Waals surface area contributed by atoms with E-state index in [1.54, 1.807) is 0 Å². The fourth-order valence-electron chi connectivity index (χ4n) is 3.42. The molecule has 2 nitrogen and oxygen atoms in total. The topological polar surface area (TPSA) is 6.48 Å². The average Bonchev–Trinajstić information content (AvgIpc) is 2.56. The molecule has 2 aromatic carbocycles. The van der Waals surface area contributed by atoms with Gasteiger partial charge in [-0.15, -0.1) is 0 Å². The summed E-state index contributed by atoms with van der Waals surface area (Å²) < 4.78 is 0. The van der Waals surface area contributed by atoms with E-state index in [0.717, 1.165) is 0 Å². The first-order valence-corrected chi connectivity index (χ1v) is 9.42. The summed E-state index contributed by atoms with van der Waals surface area (Å²) in [4.78, 5) is 4.41. The van der Waals surface area contributed by atoms with E-state index in [-0.39, 0.29) is 0 Å². The maximum atomic E-state index is 2.35. The maximum Gasteiger partial charge on any atom is 0.0393 e. The van der Waals surface area contributed by atoms with E-state index < -0.39 is 0 Å². The molecule has 0 spiro atoms. The van der Waals surface area contributed by atoms with Crippen molar-refractivity contribution in [3.05, 3.63) is 58.7 Å². The normalized spacial score (nSPS) is 10.8. The summed E-state index contributed by atoms with van der Waals surface area (Å²) in [6, 6.07) is 13.8. The number of hydrogen-bond donors (Lipinski definition) is 0. The molecule has 25 heavy (non-hydrogen) atoms. The van der Waals surface area contributed by atoms with Crippen LogP contribution >= 0.6 is 0 Å². The van der Waals surface area contributed by atoms with Crippen LogP contribution in [0.25, 0.3) is 0 Å². The van der Waals surface area contributed by atoms with Crippen molar-refractivity contribution in [3.63, 3.8) is 0 Å². The van der Waals surface area contributed by atoms with E-state index in [0.29, 0.717) is 0 Å². The number of hydrogen-bond acceptors (Lipinski definition) is 2. The van der Waals surface area contributed by atoms with Crippen LogP contribution in [0.1, 0.15) is 41.5 Å². The number of aryl methyl sites for hydroxylation is 4. The molecule has 2 aromatic rings. The molecule has 2 heteroatoms. The van der Waals surface area contributed by atoms with Crippen molar-refractivity contribution in [1.29, 1.82) is 0 Å². The van der Waals surface area contributed by atoms with E-state index in [2.05, 4.69) is 88.2 Å². The highest BCUT2D eigenvalue weighted by atomic mass is 15.1. The number of anilines is 2. The Hall–Kier alpha value is -1.96. The van der Waals surface area contributed by atoms with Crippen LogP contribution in [0.2, 0.25) is 0 Å². The molecule has 0 unspecified atom stereocenters. The van der Waals surface area contributed by atoms with Crippen molar-refractivity contribution < 1.29 is 0 Å². The molecule has 0 fully saturated rings. The van der Waals surface area contributed by atoms with Crippen molar-refractivity contribution in [3.8, 4) is 0 Å². The molecule has 0 amide bonds. The summed E-state index contributed by atoms with van der Waals surface area (Å²) in [7, 11) is 8.48. The van der Waals surface area contributed by atoms with E-state index in [1.807, 2.05) is 0 Å². The molecule has 2 rings (SSSR count). The van der Waals surface area contributed by atoms with Gasteiger partial charge in [0.2, 0.25) is 0 Å². The van der Waals surface area contributed by atoms with Crippen molar-refractivity contribution in [2.24, 2.45) is 0 Å². The van der Waals surface area contributed by atoms with Crippen LogP contribution < -0.4 is 9.80 Å². The Balaban J connectivity index is 1.80. The van der Waals surface area contributed by atoms with E-state index in [4.69, 9.17) is 0 Å². The van der Waals surface area contributed by atoms with Crippen LogP contribution in [-0.4, -0.2) is 28.2 Å². The van der Waals surface area contributed by atoms with Gasteiger partial charge in [-0.25, -0.2) is 0 Å². The van der Waals surface area contributed by atoms with Crippen LogP contribution in [0.4, 0.5) is 11.4 Å². The Morgan fingerprint density at radius 2 is 1.00 bits per heavy atom. The fourth-order valence-corrected chi connectivity index (χ4v) is 3.42. The molecule has 0 aliphatic rings. The van der Waals surface area contributed by atoms with Crippen molar-refractivity contribution >= 4 is 11.4 Å². The molecule has 0 aliphatic heterocycles. The zero-order chi connectivity index (χ0) is 18.4. The highest BCUT2D eigenvalue weighted by Crippen LogP contribution is 2.22. The monoisotopic (exact) mass is 338 g/mol. The lowest BCUT2D eigenvalue weighted by Crippen LogP contribution is -2.10. The highest BCUT2D eigenvalue weighted by Gasteiger charge is 2.04. The van der Waals surface area contributed by atoms with Gasteiger partial charge in [0.1, 0.15) is 0 Å².